The molecule has 0 unspecified atom stereocenters. The van der Waals surface area contributed by atoms with Gasteiger partial charge in [0.25, 0.3) is 5.91 Å². The number of hydrogen-bond donors (Lipinski definition) is 2. The van der Waals surface area contributed by atoms with Crippen LogP contribution in [0.1, 0.15) is 23.2 Å². The van der Waals surface area contributed by atoms with E-state index in [1.54, 1.807) is 18.2 Å². The predicted molar refractivity (Wildman–Crippen MR) is 71.9 cm³/mol. The number of nitrogens with one attached hydrogen (secondary N) is 2. The van der Waals surface area contributed by atoms with Gasteiger partial charge in [0.05, 0.1) is 0 Å². The summed E-state index contributed by atoms with van der Waals surface area (Å²) in [5, 5.41) is 13.6. The first-order valence-electron chi connectivity index (χ1n) is 6.52. The van der Waals surface area contributed by atoms with Crippen LogP contribution in [0.5, 0.6) is 0 Å². The molecule has 0 aliphatic carbocycles. The van der Waals surface area contributed by atoms with Crippen LogP contribution >= 0.6 is 0 Å². The number of H-pyrrole nitrogens is 1. The normalized spacial score (nSPS) is 20.6. The maximum atomic E-state index is 12.2. The lowest BCUT2D eigenvalue weighted by molar-refractivity contribution is 0.0912. The average molecular weight is 259 g/mol. The van der Waals surface area contributed by atoms with E-state index in [2.05, 4.69) is 32.7 Å². The molecule has 0 bridgehead atoms. The van der Waals surface area contributed by atoms with Gasteiger partial charge in [0.2, 0.25) is 0 Å². The van der Waals surface area contributed by atoms with E-state index < -0.39 is 0 Å². The fraction of sp³-hybridized carbons (Fsp3) is 0.462. The molecular formula is C13H17N5O. The summed E-state index contributed by atoms with van der Waals surface area (Å²) in [4.78, 5) is 14.4. The molecule has 1 aliphatic heterocycles. The van der Waals surface area contributed by atoms with Crippen molar-refractivity contribution in [3.63, 3.8) is 0 Å². The second-order valence-electron chi connectivity index (χ2n) is 5.10. The van der Waals surface area contributed by atoms with E-state index in [0.29, 0.717) is 11.1 Å². The Morgan fingerprint density at radius 3 is 3.11 bits per heavy atom. The van der Waals surface area contributed by atoms with Gasteiger partial charge in [-0.2, -0.15) is 15.4 Å². The van der Waals surface area contributed by atoms with Gasteiger partial charge in [0.1, 0.15) is 11.0 Å². The number of carbonyl (C=O) groups excluding carboxylic acids is 1. The summed E-state index contributed by atoms with van der Waals surface area (Å²) in [6.07, 6.45) is 2.17. The van der Waals surface area contributed by atoms with Gasteiger partial charge in [0.15, 0.2) is 0 Å². The summed E-state index contributed by atoms with van der Waals surface area (Å²) in [5.74, 6) is -0.0369. The van der Waals surface area contributed by atoms with Crippen molar-refractivity contribution in [1.82, 2.24) is 25.6 Å². The Morgan fingerprint density at radius 1 is 1.42 bits per heavy atom. The van der Waals surface area contributed by atoms with Crippen molar-refractivity contribution in [2.45, 2.75) is 18.9 Å². The van der Waals surface area contributed by atoms with Crippen LogP contribution in [-0.2, 0) is 0 Å². The van der Waals surface area contributed by atoms with E-state index in [1.165, 1.54) is 0 Å². The first-order chi connectivity index (χ1) is 9.22. The number of aromatic amines is 1. The van der Waals surface area contributed by atoms with Gasteiger partial charge >= 0.3 is 0 Å². The quantitative estimate of drug-likeness (QED) is 0.836. The molecule has 1 atom stereocenters. The maximum Gasteiger partial charge on any atom is 0.251 e. The highest BCUT2D eigenvalue weighted by Gasteiger charge is 2.19. The Balaban J connectivity index is 1.72. The molecule has 2 aromatic rings. The highest BCUT2D eigenvalue weighted by Crippen LogP contribution is 2.12. The minimum Gasteiger partial charge on any atom is -0.348 e. The largest absolute Gasteiger partial charge is 0.348 e. The second kappa shape index (κ2) is 4.97. The Bertz CT molecular complexity index is 593. The van der Waals surface area contributed by atoms with E-state index in [-0.39, 0.29) is 11.9 Å². The fourth-order valence-electron chi connectivity index (χ4n) is 2.53. The standard InChI is InChI=1S/C13H17N5O/c1-18-6-2-3-10(8-18)14-13(19)9-4-5-11-12(7-9)16-17-15-11/h4-5,7,10H,2-3,6,8H2,1H3,(H,14,19)(H,15,16,17)/t10-/m1/s1. The van der Waals surface area contributed by atoms with E-state index in [4.69, 9.17) is 0 Å². The van der Waals surface area contributed by atoms with Crippen LogP contribution in [0.3, 0.4) is 0 Å². The van der Waals surface area contributed by atoms with Crippen LogP contribution in [0, 0.1) is 0 Å². The highest BCUT2D eigenvalue weighted by molar-refractivity contribution is 5.97. The zero-order chi connectivity index (χ0) is 13.2. The lowest BCUT2D eigenvalue weighted by Gasteiger charge is -2.30. The number of rotatable bonds is 2. The first kappa shape index (κ1) is 12.1. The number of likely N-dealkylation sites (N-methyl/N-ethyl adjacent to an activating group) is 1. The summed E-state index contributed by atoms with van der Waals surface area (Å²) in [7, 11) is 2.08. The third-order valence-electron chi connectivity index (χ3n) is 3.54. The van der Waals surface area contributed by atoms with Gasteiger partial charge in [-0.3, -0.25) is 4.79 Å². The smallest absolute Gasteiger partial charge is 0.251 e. The minimum atomic E-state index is -0.0369. The van der Waals surface area contributed by atoms with Crippen molar-refractivity contribution >= 4 is 16.9 Å². The first-order valence-corrected chi connectivity index (χ1v) is 6.52. The van der Waals surface area contributed by atoms with Crippen molar-refractivity contribution < 1.29 is 4.79 Å². The van der Waals surface area contributed by atoms with Crippen LogP contribution in [0.25, 0.3) is 11.0 Å². The minimum absolute atomic E-state index is 0.0369. The lowest BCUT2D eigenvalue weighted by atomic mass is 10.1. The van der Waals surface area contributed by atoms with Crippen LogP contribution in [-0.4, -0.2) is 52.4 Å². The van der Waals surface area contributed by atoms with Gasteiger partial charge in [-0.1, -0.05) is 0 Å². The van der Waals surface area contributed by atoms with Crippen molar-refractivity contribution in [3.8, 4) is 0 Å². The predicted octanol–water partition coefficient (Wildman–Crippen LogP) is 0.782. The van der Waals surface area contributed by atoms with Crippen LogP contribution in [0.4, 0.5) is 0 Å². The molecule has 2 N–H and O–H groups in total. The highest BCUT2D eigenvalue weighted by atomic mass is 16.1. The Hall–Kier alpha value is -1.95. The zero-order valence-electron chi connectivity index (χ0n) is 10.9. The van der Waals surface area contributed by atoms with E-state index in [0.717, 1.165) is 31.4 Å². The van der Waals surface area contributed by atoms with Gasteiger partial charge < -0.3 is 10.2 Å². The molecule has 3 rings (SSSR count). The SMILES string of the molecule is CN1CCC[C@@H](NC(=O)c2ccc3n[nH]nc3c2)C1. The van der Waals surface area contributed by atoms with Crippen molar-refractivity contribution in [3.05, 3.63) is 23.8 Å². The van der Waals surface area contributed by atoms with Crippen molar-refractivity contribution in [2.24, 2.45) is 0 Å². The van der Waals surface area contributed by atoms with Crippen LogP contribution in [0.2, 0.25) is 0 Å². The van der Waals surface area contributed by atoms with Gasteiger partial charge in [0, 0.05) is 18.2 Å². The molecule has 0 spiro atoms. The van der Waals surface area contributed by atoms with Crippen LogP contribution in [0.15, 0.2) is 18.2 Å². The van der Waals surface area contributed by atoms with Gasteiger partial charge in [-0.15, -0.1) is 0 Å². The number of benzene rings is 1. The molecule has 1 aromatic heterocycles. The number of aromatic nitrogens is 3. The zero-order valence-corrected chi connectivity index (χ0v) is 10.9. The van der Waals surface area contributed by atoms with E-state index >= 15 is 0 Å². The van der Waals surface area contributed by atoms with Crippen molar-refractivity contribution in [1.29, 1.82) is 0 Å². The number of nitrogens with zero attached hydrogens (tertiary/aromatic N) is 3. The third-order valence-corrected chi connectivity index (χ3v) is 3.54. The summed E-state index contributed by atoms with van der Waals surface area (Å²) >= 11 is 0. The molecule has 1 saturated heterocycles. The molecule has 1 aliphatic rings. The Kier molecular flexibility index (Phi) is 3.16. The molecule has 1 amide bonds. The number of piperidine rings is 1. The molecule has 19 heavy (non-hydrogen) atoms. The molecular weight excluding hydrogens is 242 g/mol. The summed E-state index contributed by atoms with van der Waals surface area (Å²) in [6, 6.07) is 5.59. The summed E-state index contributed by atoms with van der Waals surface area (Å²) in [6.45, 7) is 2.02. The Morgan fingerprint density at radius 2 is 2.26 bits per heavy atom. The number of amides is 1. The monoisotopic (exact) mass is 259 g/mol. The summed E-state index contributed by atoms with van der Waals surface area (Å²) in [5.41, 5.74) is 2.12. The molecule has 2 heterocycles. The number of fused-ring (bicyclic) bond motifs is 1. The number of hydrogen-bond acceptors (Lipinski definition) is 4. The van der Waals surface area contributed by atoms with Crippen LogP contribution < -0.4 is 5.32 Å². The Labute approximate surface area is 111 Å². The number of carbonyl (C=O) groups is 1. The molecule has 6 nitrogen and oxygen atoms in total. The maximum absolute atomic E-state index is 12.2. The molecule has 0 saturated carbocycles. The van der Waals surface area contributed by atoms with Crippen molar-refractivity contribution in [2.75, 3.05) is 20.1 Å². The van der Waals surface area contributed by atoms with E-state index in [1.807, 2.05) is 0 Å². The molecule has 0 radical (unpaired) electrons. The fourth-order valence-corrected chi connectivity index (χ4v) is 2.53. The molecule has 1 fully saturated rings. The van der Waals surface area contributed by atoms with Gasteiger partial charge in [-0.25, -0.2) is 0 Å². The molecule has 100 valence electrons. The summed E-state index contributed by atoms with van der Waals surface area (Å²) < 4.78 is 0. The number of likely N-dealkylation sites (tertiary alicyclic amines) is 1. The topological polar surface area (TPSA) is 73.9 Å². The molecule has 1 aromatic carbocycles. The molecule has 6 heteroatoms. The average Bonchev–Trinajstić information content (AvgIpc) is 2.85. The van der Waals surface area contributed by atoms with Gasteiger partial charge in [-0.05, 0) is 44.6 Å². The lowest BCUT2D eigenvalue weighted by Crippen LogP contribution is -2.46. The van der Waals surface area contributed by atoms with E-state index in [9.17, 15) is 4.79 Å². The third kappa shape index (κ3) is 2.58. The second-order valence-corrected chi connectivity index (χ2v) is 5.10.